The molecule has 0 radical (unpaired) electrons. The van der Waals surface area contributed by atoms with Crippen molar-refractivity contribution in [3.05, 3.63) is 109 Å². The van der Waals surface area contributed by atoms with Gasteiger partial charge in [-0.15, -0.1) is 0 Å². The van der Waals surface area contributed by atoms with Gasteiger partial charge in [-0.2, -0.15) is 0 Å². The Hall–Kier alpha value is -2.84. The maximum Gasteiger partial charge on any atom is 0.268 e. The van der Waals surface area contributed by atoms with E-state index in [0.717, 1.165) is 103 Å². The summed E-state index contributed by atoms with van der Waals surface area (Å²) in [6.07, 6.45) is 74.1. The predicted molar refractivity (Wildman–Crippen MR) is 302 cm³/mol. The van der Waals surface area contributed by atoms with Crippen LogP contribution in [0.1, 0.15) is 219 Å². The molecule has 9 heteroatoms. The van der Waals surface area contributed by atoms with Crippen LogP contribution in [0.15, 0.2) is 109 Å². The molecule has 0 aromatic rings. The molecule has 0 rings (SSSR count). The van der Waals surface area contributed by atoms with E-state index in [9.17, 15) is 19.4 Å². The Balaban J connectivity index is 4.08. The van der Waals surface area contributed by atoms with E-state index in [1.54, 1.807) is 0 Å². The number of quaternary nitrogens is 1. The Morgan fingerprint density at radius 2 is 0.871 bits per heavy atom. The summed E-state index contributed by atoms with van der Waals surface area (Å²) in [5.41, 5.74) is 0. The van der Waals surface area contributed by atoms with Crippen molar-refractivity contribution in [3.8, 4) is 0 Å². The summed E-state index contributed by atoms with van der Waals surface area (Å²) in [5, 5.41) is 13.9. The third-order valence-corrected chi connectivity index (χ3v) is 13.0. The van der Waals surface area contributed by atoms with Crippen LogP contribution in [0, 0.1) is 0 Å². The third kappa shape index (κ3) is 53.0. The lowest BCUT2D eigenvalue weighted by Gasteiger charge is -2.30. The van der Waals surface area contributed by atoms with Gasteiger partial charge in [0.05, 0.1) is 39.9 Å². The molecule has 0 aliphatic carbocycles. The Morgan fingerprint density at radius 3 is 1.27 bits per heavy atom. The van der Waals surface area contributed by atoms with Crippen molar-refractivity contribution in [1.82, 2.24) is 5.32 Å². The number of unbranched alkanes of at least 4 members (excludes halogenated alkanes) is 19. The average Bonchev–Trinajstić information content (AvgIpc) is 3.32. The van der Waals surface area contributed by atoms with Crippen molar-refractivity contribution in [2.75, 3.05) is 40.9 Å². The van der Waals surface area contributed by atoms with Crippen molar-refractivity contribution in [2.24, 2.45) is 0 Å². The van der Waals surface area contributed by atoms with Crippen molar-refractivity contribution < 1.29 is 32.9 Å². The summed E-state index contributed by atoms with van der Waals surface area (Å²) in [4.78, 5) is 25.4. The molecule has 0 aromatic heterocycles. The van der Waals surface area contributed by atoms with Gasteiger partial charge in [-0.1, -0.05) is 239 Å². The molecule has 2 N–H and O–H groups in total. The van der Waals surface area contributed by atoms with Crippen molar-refractivity contribution in [2.45, 2.75) is 231 Å². The molecule has 0 bridgehead atoms. The highest BCUT2D eigenvalue weighted by Gasteiger charge is 2.24. The number of hydrogen-bond donors (Lipinski definition) is 2. The minimum atomic E-state index is -4.57. The highest BCUT2D eigenvalue weighted by molar-refractivity contribution is 7.45. The van der Waals surface area contributed by atoms with E-state index in [-0.39, 0.29) is 19.1 Å². The Morgan fingerprint density at radius 1 is 0.514 bits per heavy atom. The lowest BCUT2D eigenvalue weighted by atomic mass is 10.0. The van der Waals surface area contributed by atoms with Crippen molar-refractivity contribution in [3.63, 3.8) is 0 Å². The number of likely N-dealkylation sites (N-methyl/N-ethyl adjacent to an activating group) is 1. The molecule has 3 atom stereocenters. The van der Waals surface area contributed by atoms with Gasteiger partial charge >= 0.3 is 0 Å². The smallest absolute Gasteiger partial charge is 0.268 e. The molecule has 3 unspecified atom stereocenters. The van der Waals surface area contributed by atoms with Crippen LogP contribution in [-0.2, 0) is 18.4 Å². The molecular weight excluding hydrogens is 888 g/mol. The van der Waals surface area contributed by atoms with E-state index in [4.69, 9.17) is 9.05 Å². The van der Waals surface area contributed by atoms with Crippen LogP contribution in [0.25, 0.3) is 0 Å². The molecule has 0 aliphatic heterocycles. The molecular formula is C61H107N2O6P. The van der Waals surface area contributed by atoms with E-state index in [0.29, 0.717) is 23.9 Å². The normalized spacial score (nSPS) is 14.8. The standard InChI is InChI=1S/C61H107N2O6P/c1-6-8-10-12-14-16-18-19-20-21-22-23-24-25-26-27-28-29-30-31-32-33-34-35-36-37-38-39-40-41-42-43-45-47-49-51-53-55-61(65)62-59(58-69-70(66,67)68-57-56-63(3,4)5)60(64)54-52-50-48-46-44-17-15-13-11-9-7-2/h8,10,14,16,19-20,22-23,25-26,28-29,31-32,34-35,37-38,59-60,64H,6-7,9,11-13,15,17-18,21,24,27,30,33,36,39-58H2,1-5H3,(H-,62,65,66,67)/b10-8-,16-14-,20-19-,23-22-,26-25-,29-28-,32-31-,35-34-,38-37-. The van der Waals surface area contributed by atoms with Crippen molar-refractivity contribution in [1.29, 1.82) is 0 Å². The molecule has 1 amide bonds. The van der Waals surface area contributed by atoms with Gasteiger partial charge in [0.1, 0.15) is 13.2 Å². The molecule has 0 spiro atoms. The van der Waals surface area contributed by atoms with E-state index < -0.39 is 20.0 Å². The number of aliphatic hydroxyl groups excluding tert-OH is 1. The largest absolute Gasteiger partial charge is 0.756 e. The fourth-order valence-corrected chi connectivity index (χ4v) is 8.34. The van der Waals surface area contributed by atoms with Crippen LogP contribution >= 0.6 is 7.82 Å². The second-order valence-electron chi connectivity index (χ2n) is 19.9. The number of aliphatic hydroxyl groups is 1. The zero-order chi connectivity index (χ0) is 51.3. The number of rotatable bonds is 50. The number of allylic oxidation sites excluding steroid dienone is 18. The molecule has 0 aliphatic rings. The number of carbonyl (C=O) groups is 1. The Labute approximate surface area is 431 Å². The van der Waals surface area contributed by atoms with E-state index in [1.807, 2.05) is 21.1 Å². The lowest BCUT2D eigenvalue weighted by Crippen LogP contribution is -2.46. The van der Waals surface area contributed by atoms with Crippen LogP contribution in [0.4, 0.5) is 0 Å². The number of carbonyl (C=O) groups excluding carboxylic acids is 1. The van der Waals surface area contributed by atoms with Crippen molar-refractivity contribution >= 4 is 13.7 Å². The first-order chi connectivity index (χ1) is 34.0. The van der Waals surface area contributed by atoms with Gasteiger partial charge in [-0.3, -0.25) is 9.36 Å². The molecule has 0 aromatic carbocycles. The van der Waals surface area contributed by atoms with E-state index >= 15 is 0 Å². The van der Waals surface area contributed by atoms with Gasteiger partial charge in [0, 0.05) is 6.42 Å². The highest BCUT2D eigenvalue weighted by atomic mass is 31.2. The maximum atomic E-state index is 12.9. The summed E-state index contributed by atoms with van der Waals surface area (Å²) < 4.78 is 23.3. The van der Waals surface area contributed by atoms with Crippen LogP contribution < -0.4 is 10.2 Å². The lowest BCUT2D eigenvalue weighted by molar-refractivity contribution is -0.870. The molecule has 8 nitrogen and oxygen atoms in total. The summed E-state index contributed by atoms with van der Waals surface area (Å²) in [6, 6.07) is -0.809. The van der Waals surface area contributed by atoms with E-state index in [1.165, 1.54) is 89.9 Å². The fraction of sp³-hybridized carbons (Fsp3) is 0.689. The molecule has 0 saturated carbocycles. The predicted octanol–water partition coefficient (Wildman–Crippen LogP) is 16.6. The quantitative estimate of drug-likeness (QED) is 0.0272. The van der Waals surface area contributed by atoms with E-state index in [2.05, 4.69) is 129 Å². The summed E-state index contributed by atoms with van der Waals surface area (Å²) in [5.74, 6) is -0.177. The first-order valence-corrected chi connectivity index (χ1v) is 29.7. The summed E-state index contributed by atoms with van der Waals surface area (Å²) in [6.45, 7) is 4.58. The number of nitrogens with one attached hydrogen (secondary N) is 1. The van der Waals surface area contributed by atoms with Gasteiger partial charge in [-0.05, 0) is 83.5 Å². The Kier molecular flexibility index (Phi) is 49.0. The van der Waals surface area contributed by atoms with Gasteiger partial charge in [-0.25, -0.2) is 0 Å². The number of phosphoric acid groups is 1. The first-order valence-electron chi connectivity index (χ1n) is 28.2. The van der Waals surface area contributed by atoms with Gasteiger partial charge in [0.15, 0.2) is 0 Å². The minimum Gasteiger partial charge on any atom is -0.756 e. The zero-order valence-electron chi connectivity index (χ0n) is 45.7. The highest BCUT2D eigenvalue weighted by Crippen LogP contribution is 2.38. The zero-order valence-corrected chi connectivity index (χ0v) is 46.6. The first kappa shape index (κ1) is 67.2. The average molecular weight is 996 g/mol. The molecule has 402 valence electrons. The molecule has 0 fully saturated rings. The van der Waals surface area contributed by atoms with Gasteiger partial charge in [0.25, 0.3) is 7.82 Å². The summed E-state index contributed by atoms with van der Waals surface area (Å²) >= 11 is 0. The number of hydrogen-bond acceptors (Lipinski definition) is 6. The maximum absolute atomic E-state index is 12.9. The number of nitrogens with zero attached hydrogens (tertiary/aromatic N) is 1. The Bertz CT molecular complexity index is 1500. The topological polar surface area (TPSA) is 108 Å². The molecule has 0 heterocycles. The third-order valence-electron chi connectivity index (χ3n) is 12.0. The SMILES string of the molecule is CC/C=C\C/C=C\C/C=C\C/C=C\C/C=C\C/C=C\C/C=C\C/C=C\C/C=C\CCCCCCCCCCCC(=O)NC(COP(=O)([O-])OCC[N+](C)(C)C)C(O)CCCCCCCCCCCCC. The van der Waals surface area contributed by atoms with Gasteiger partial charge in [0.2, 0.25) is 5.91 Å². The summed E-state index contributed by atoms with van der Waals surface area (Å²) in [7, 11) is 1.29. The van der Waals surface area contributed by atoms with Crippen LogP contribution in [-0.4, -0.2) is 68.5 Å². The number of phosphoric ester groups is 1. The molecule has 0 saturated heterocycles. The minimum absolute atomic E-state index is 0.00596. The monoisotopic (exact) mass is 995 g/mol. The van der Waals surface area contributed by atoms with Gasteiger partial charge < -0.3 is 28.8 Å². The number of amides is 1. The van der Waals surface area contributed by atoms with Crippen LogP contribution in [0.2, 0.25) is 0 Å². The molecule has 70 heavy (non-hydrogen) atoms. The fourth-order valence-electron chi connectivity index (χ4n) is 7.62. The second-order valence-corrected chi connectivity index (χ2v) is 21.3. The van der Waals surface area contributed by atoms with Crippen LogP contribution in [0.5, 0.6) is 0 Å². The second kappa shape index (κ2) is 51.1. The van der Waals surface area contributed by atoms with Crippen LogP contribution in [0.3, 0.4) is 0 Å².